The van der Waals surface area contributed by atoms with Crippen molar-refractivity contribution in [2.45, 2.75) is 0 Å². The van der Waals surface area contributed by atoms with Crippen LogP contribution in [0.3, 0.4) is 0 Å². The Kier molecular flexibility index (Phi) is 6.69. The van der Waals surface area contributed by atoms with E-state index in [1.54, 1.807) is 31.4 Å². The number of thiazole rings is 1. The van der Waals surface area contributed by atoms with Gasteiger partial charge in [0.25, 0.3) is 0 Å². The lowest BCUT2D eigenvalue weighted by Gasteiger charge is -2.11. The van der Waals surface area contributed by atoms with Gasteiger partial charge in [-0.25, -0.2) is 4.98 Å². The summed E-state index contributed by atoms with van der Waals surface area (Å²) in [5.41, 5.74) is 7.33. The van der Waals surface area contributed by atoms with Crippen LogP contribution in [0.2, 0.25) is 0 Å². The Labute approximate surface area is 174 Å². The lowest BCUT2D eigenvalue weighted by atomic mass is 10.1. The average Bonchev–Trinajstić information content (AvgIpc) is 3.08. The third-order valence-corrected chi connectivity index (χ3v) is 5.09. The SMILES string of the molecule is COc1cccc(C(=O)c2sc(Nc3ccc(OCCN(C)C)cc3)nc2N)c1. The highest BCUT2D eigenvalue weighted by Gasteiger charge is 2.18. The molecule has 3 rings (SSSR count). The van der Waals surface area contributed by atoms with Gasteiger partial charge in [-0.1, -0.05) is 23.5 Å². The summed E-state index contributed by atoms with van der Waals surface area (Å²) in [6, 6.07) is 14.5. The number of anilines is 3. The lowest BCUT2D eigenvalue weighted by molar-refractivity contribution is 0.104. The maximum Gasteiger partial charge on any atom is 0.206 e. The summed E-state index contributed by atoms with van der Waals surface area (Å²) in [6.45, 7) is 1.47. The monoisotopic (exact) mass is 412 g/mol. The molecule has 0 aliphatic rings. The second kappa shape index (κ2) is 9.40. The normalized spacial score (nSPS) is 10.8. The van der Waals surface area contributed by atoms with Crippen molar-refractivity contribution in [3.8, 4) is 11.5 Å². The van der Waals surface area contributed by atoms with Gasteiger partial charge in [-0.15, -0.1) is 0 Å². The van der Waals surface area contributed by atoms with Crippen LogP contribution in [-0.4, -0.2) is 50.0 Å². The van der Waals surface area contributed by atoms with E-state index in [4.69, 9.17) is 15.2 Å². The van der Waals surface area contributed by atoms with Gasteiger partial charge in [0.2, 0.25) is 5.78 Å². The number of methoxy groups -OCH3 is 1. The molecule has 1 aromatic heterocycles. The van der Waals surface area contributed by atoms with Gasteiger partial charge in [0.05, 0.1) is 7.11 Å². The molecule has 0 spiro atoms. The number of nitrogens with one attached hydrogen (secondary N) is 1. The fourth-order valence-corrected chi connectivity index (χ4v) is 3.41. The number of ketones is 1. The molecular formula is C21H24N4O3S. The minimum atomic E-state index is -0.184. The largest absolute Gasteiger partial charge is 0.497 e. The first-order valence-corrected chi connectivity index (χ1v) is 9.87. The fourth-order valence-electron chi connectivity index (χ4n) is 2.55. The average molecular weight is 413 g/mol. The van der Waals surface area contributed by atoms with Crippen LogP contribution in [0.25, 0.3) is 0 Å². The van der Waals surface area contributed by atoms with Crippen LogP contribution in [0.15, 0.2) is 48.5 Å². The predicted molar refractivity (Wildman–Crippen MR) is 117 cm³/mol. The van der Waals surface area contributed by atoms with Crippen LogP contribution in [0, 0.1) is 0 Å². The standard InChI is InChI=1S/C21H24N4O3S/c1-25(2)11-12-28-16-9-7-15(8-10-16)23-21-24-20(22)19(29-21)18(26)14-5-4-6-17(13-14)27-3/h4-10,13H,11-12,22H2,1-3H3,(H,23,24). The van der Waals surface area contributed by atoms with Crippen molar-refractivity contribution in [1.29, 1.82) is 0 Å². The van der Waals surface area contributed by atoms with Crippen LogP contribution in [0.4, 0.5) is 16.6 Å². The Morgan fingerprint density at radius 1 is 1.17 bits per heavy atom. The van der Waals surface area contributed by atoms with Gasteiger partial charge < -0.3 is 25.4 Å². The quantitative estimate of drug-likeness (QED) is 0.519. The van der Waals surface area contributed by atoms with E-state index in [9.17, 15) is 4.79 Å². The first kappa shape index (κ1) is 20.6. The zero-order valence-corrected chi connectivity index (χ0v) is 17.5. The van der Waals surface area contributed by atoms with Crippen molar-refractivity contribution < 1.29 is 14.3 Å². The van der Waals surface area contributed by atoms with E-state index >= 15 is 0 Å². The van der Waals surface area contributed by atoms with Crippen molar-refractivity contribution in [3.63, 3.8) is 0 Å². The number of aromatic nitrogens is 1. The van der Waals surface area contributed by atoms with Crippen molar-refractivity contribution >= 4 is 33.8 Å². The highest BCUT2D eigenvalue weighted by Crippen LogP contribution is 2.30. The molecule has 3 N–H and O–H groups in total. The molecule has 0 radical (unpaired) electrons. The van der Waals surface area contributed by atoms with Gasteiger partial charge in [0, 0.05) is 17.8 Å². The smallest absolute Gasteiger partial charge is 0.206 e. The highest BCUT2D eigenvalue weighted by atomic mass is 32.1. The van der Waals surface area contributed by atoms with Crippen molar-refractivity contribution in [3.05, 3.63) is 59.0 Å². The number of carbonyl (C=O) groups excluding carboxylic acids is 1. The molecule has 0 fully saturated rings. The second-order valence-corrected chi connectivity index (χ2v) is 7.59. The molecule has 7 nitrogen and oxygen atoms in total. The van der Waals surface area contributed by atoms with Gasteiger partial charge in [-0.05, 0) is 50.5 Å². The maximum absolute atomic E-state index is 12.8. The Morgan fingerprint density at radius 3 is 2.62 bits per heavy atom. The number of hydrogen-bond donors (Lipinski definition) is 2. The molecule has 29 heavy (non-hydrogen) atoms. The van der Waals surface area contributed by atoms with Crippen LogP contribution < -0.4 is 20.5 Å². The van der Waals surface area contributed by atoms with Crippen LogP contribution >= 0.6 is 11.3 Å². The fraction of sp³-hybridized carbons (Fsp3) is 0.238. The second-order valence-electron chi connectivity index (χ2n) is 6.60. The molecule has 0 aliphatic carbocycles. The summed E-state index contributed by atoms with van der Waals surface area (Å²) < 4.78 is 10.9. The summed E-state index contributed by atoms with van der Waals surface area (Å²) in [6.07, 6.45) is 0. The highest BCUT2D eigenvalue weighted by molar-refractivity contribution is 7.18. The van der Waals surface area contributed by atoms with Crippen LogP contribution in [0.5, 0.6) is 11.5 Å². The van der Waals surface area contributed by atoms with E-state index < -0.39 is 0 Å². The van der Waals surface area contributed by atoms with Gasteiger partial charge in [0.1, 0.15) is 28.8 Å². The zero-order chi connectivity index (χ0) is 20.8. The first-order chi connectivity index (χ1) is 14.0. The number of likely N-dealkylation sites (N-methyl/N-ethyl adjacent to an activating group) is 1. The molecule has 152 valence electrons. The lowest BCUT2D eigenvalue weighted by Crippen LogP contribution is -2.19. The van der Waals surface area contributed by atoms with E-state index in [1.165, 1.54) is 11.3 Å². The van der Waals surface area contributed by atoms with E-state index in [2.05, 4.69) is 15.2 Å². The van der Waals surface area contributed by atoms with Gasteiger partial charge in [-0.2, -0.15) is 0 Å². The Morgan fingerprint density at radius 2 is 1.93 bits per heavy atom. The third kappa shape index (κ3) is 5.46. The molecule has 0 amide bonds. The number of nitrogens with zero attached hydrogens (tertiary/aromatic N) is 2. The maximum atomic E-state index is 12.8. The van der Waals surface area contributed by atoms with Crippen LogP contribution in [-0.2, 0) is 0 Å². The molecule has 8 heteroatoms. The number of ether oxygens (including phenoxy) is 2. The number of hydrogen-bond acceptors (Lipinski definition) is 8. The van der Waals surface area contributed by atoms with Crippen molar-refractivity contribution in [2.75, 3.05) is 45.4 Å². The molecular weight excluding hydrogens is 388 g/mol. The zero-order valence-electron chi connectivity index (χ0n) is 16.6. The van der Waals surface area contributed by atoms with E-state index in [0.29, 0.717) is 27.9 Å². The van der Waals surface area contributed by atoms with E-state index in [0.717, 1.165) is 18.0 Å². The summed E-state index contributed by atoms with van der Waals surface area (Å²) in [7, 11) is 5.57. The minimum absolute atomic E-state index is 0.184. The predicted octanol–water partition coefficient (Wildman–Crippen LogP) is 3.65. The Hall–Kier alpha value is -3.10. The summed E-state index contributed by atoms with van der Waals surface area (Å²) in [5.74, 6) is 1.43. The third-order valence-electron chi connectivity index (χ3n) is 4.10. The molecule has 1 heterocycles. The minimum Gasteiger partial charge on any atom is -0.497 e. The van der Waals surface area contributed by atoms with E-state index in [-0.39, 0.29) is 11.6 Å². The molecule has 0 aliphatic heterocycles. The molecule has 0 saturated carbocycles. The van der Waals surface area contributed by atoms with Gasteiger partial charge >= 0.3 is 0 Å². The molecule has 3 aromatic rings. The first-order valence-electron chi connectivity index (χ1n) is 9.06. The van der Waals surface area contributed by atoms with E-state index in [1.807, 2.05) is 38.4 Å². The number of carbonyl (C=O) groups is 1. The summed E-state index contributed by atoms with van der Waals surface area (Å²) in [4.78, 5) is 19.5. The molecule has 0 saturated heterocycles. The van der Waals surface area contributed by atoms with Crippen molar-refractivity contribution in [2.24, 2.45) is 0 Å². The van der Waals surface area contributed by atoms with Gasteiger partial charge in [0.15, 0.2) is 5.13 Å². The summed E-state index contributed by atoms with van der Waals surface area (Å²) in [5, 5.41) is 3.73. The van der Waals surface area contributed by atoms with Crippen LogP contribution in [0.1, 0.15) is 15.2 Å². The molecule has 2 aromatic carbocycles. The number of rotatable bonds is 9. The molecule has 0 bridgehead atoms. The number of benzene rings is 2. The Bertz CT molecular complexity index is 970. The van der Waals surface area contributed by atoms with Gasteiger partial charge in [-0.3, -0.25) is 4.79 Å². The summed E-state index contributed by atoms with van der Waals surface area (Å²) >= 11 is 1.22. The number of nitrogens with two attached hydrogens (primary N) is 1. The Balaban J connectivity index is 1.67. The molecule has 0 atom stereocenters. The number of nitrogen functional groups attached to an aromatic ring is 1. The topological polar surface area (TPSA) is 89.7 Å². The van der Waals surface area contributed by atoms with Crippen molar-refractivity contribution in [1.82, 2.24) is 9.88 Å². The molecule has 0 unspecified atom stereocenters.